The molecule has 0 aliphatic carbocycles. The summed E-state index contributed by atoms with van der Waals surface area (Å²) >= 11 is 7.87. The quantitative estimate of drug-likeness (QED) is 0.861. The fraction of sp³-hybridized carbons (Fsp3) is 0.286. The van der Waals surface area contributed by atoms with Crippen molar-refractivity contribution in [2.24, 2.45) is 0 Å². The molecule has 0 saturated heterocycles. The second-order valence-corrected chi connectivity index (χ2v) is 5.12. The van der Waals surface area contributed by atoms with E-state index >= 15 is 0 Å². The third-order valence-corrected chi connectivity index (χ3v) is 3.61. The Kier molecular flexibility index (Phi) is 5.05. The zero-order valence-electron chi connectivity index (χ0n) is 10.3. The van der Waals surface area contributed by atoms with E-state index in [2.05, 4.69) is 23.7 Å². The van der Waals surface area contributed by atoms with Gasteiger partial charge < -0.3 is 10.1 Å². The Morgan fingerprint density at radius 2 is 2.22 bits per heavy atom. The van der Waals surface area contributed by atoms with Gasteiger partial charge in [0.2, 0.25) is 0 Å². The summed E-state index contributed by atoms with van der Waals surface area (Å²) in [5.74, 6) is 0.784. The van der Waals surface area contributed by atoms with E-state index in [1.807, 2.05) is 23.6 Å². The lowest BCUT2D eigenvalue weighted by Crippen LogP contribution is -2.13. The molecule has 2 rings (SSSR count). The lowest BCUT2D eigenvalue weighted by molar-refractivity contribution is 0.303. The molecule has 0 radical (unpaired) electrons. The number of thiophene rings is 1. The second-order valence-electron chi connectivity index (χ2n) is 3.93. The van der Waals surface area contributed by atoms with Crippen LogP contribution in [0.15, 0.2) is 35.0 Å². The number of ether oxygens (including phenoxy) is 1. The molecular weight excluding hydrogens is 266 g/mol. The molecule has 0 atom stereocenters. The molecule has 0 fully saturated rings. The van der Waals surface area contributed by atoms with E-state index < -0.39 is 0 Å². The summed E-state index contributed by atoms with van der Waals surface area (Å²) in [5, 5.41) is 8.09. The highest BCUT2D eigenvalue weighted by Gasteiger charge is 2.08. The third-order valence-electron chi connectivity index (χ3n) is 2.58. The van der Waals surface area contributed by atoms with Gasteiger partial charge in [-0.05, 0) is 35.0 Å². The number of halogens is 1. The molecule has 18 heavy (non-hydrogen) atoms. The molecule has 4 heteroatoms. The molecule has 0 amide bonds. The Balaban J connectivity index is 2.09. The first kappa shape index (κ1) is 13.4. The maximum Gasteiger partial charge on any atom is 0.142 e. The lowest BCUT2D eigenvalue weighted by atomic mass is 10.2. The van der Waals surface area contributed by atoms with Crippen LogP contribution in [-0.2, 0) is 13.2 Å². The number of nitrogens with one attached hydrogen (secondary N) is 1. The topological polar surface area (TPSA) is 21.3 Å². The fourth-order valence-electron chi connectivity index (χ4n) is 1.64. The maximum absolute atomic E-state index is 6.20. The Morgan fingerprint density at radius 3 is 2.94 bits per heavy atom. The van der Waals surface area contributed by atoms with Crippen LogP contribution in [0.1, 0.15) is 18.1 Å². The van der Waals surface area contributed by atoms with Crippen LogP contribution in [0, 0.1) is 0 Å². The largest absolute Gasteiger partial charge is 0.487 e. The monoisotopic (exact) mass is 281 g/mol. The van der Waals surface area contributed by atoms with Crippen molar-refractivity contribution in [2.75, 3.05) is 6.54 Å². The summed E-state index contributed by atoms with van der Waals surface area (Å²) in [4.78, 5) is 0. The third kappa shape index (κ3) is 3.48. The average Bonchev–Trinajstić information content (AvgIpc) is 2.88. The van der Waals surface area contributed by atoms with Gasteiger partial charge in [-0.25, -0.2) is 0 Å². The summed E-state index contributed by atoms with van der Waals surface area (Å²) in [5.41, 5.74) is 2.27. The first-order chi connectivity index (χ1) is 8.81. The van der Waals surface area contributed by atoms with Gasteiger partial charge in [0.25, 0.3) is 0 Å². The van der Waals surface area contributed by atoms with Crippen LogP contribution < -0.4 is 10.1 Å². The van der Waals surface area contributed by atoms with Gasteiger partial charge in [-0.1, -0.05) is 30.7 Å². The van der Waals surface area contributed by atoms with Crippen molar-refractivity contribution in [2.45, 2.75) is 20.1 Å². The summed E-state index contributed by atoms with van der Waals surface area (Å²) in [7, 11) is 0. The highest BCUT2D eigenvalue weighted by molar-refractivity contribution is 7.07. The van der Waals surface area contributed by atoms with Crippen molar-refractivity contribution in [1.82, 2.24) is 5.32 Å². The van der Waals surface area contributed by atoms with Crippen molar-refractivity contribution in [3.8, 4) is 5.75 Å². The van der Waals surface area contributed by atoms with Gasteiger partial charge in [0.05, 0.1) is 5.02 Å². The molecule has 1 N–H and O–H groups in total. The molecule has 0 saturated carbocycles. The minimum absolute atomic E-state index is 0.562. The predicted octanol–water partition coefficient (Wildman–Crippen LogP) is 4.09. The molecule has 2 nitrogen and oxygen atoms in total. The molecule has 0 unspecified atom stereocenters. The number of hydrogen-bond acceptors (Lipinski definition) is 3. The van der Waals surface area contributed by atoms with Crippen molar-refractivity contribution in [3.63, 3.8) is 0 Å². The van der Waals surface area contributed by atoms with E-state index in [1.54, 1.807) is 11.3 Å². The van der Waals surface area contributed by atoms with E-state index in [4.69, 9.17) is 16.3 Å². The Labute approximate surface area is 117 Å². The maximum atomic E-state index is 6.20. The highest BCUT2D eigenvalue weighted by atomic mass is 35.5. The minimum atomic E-state index is 0.562. The first-order valence-corrected chi connectivity index (χ1v) is 7.25. The summed E-state index contributed by atoms with van der Waals surface area (Å²) in [6, 6.07) is 7.91. The van der Waals surface area contributed by atoms with E-state index in [9.17, 15) is 0 Å². The van der Waals surface area contributed by atoms with Crippen LogP contribution in [-0.4, -0.2) is 6.54 Å². The van der Waals surface area contributed by atoms with Gasteiger partial charge in [0.1, 0.15) is 12.4 Å². The van der Waals surface area contributed by atoms with Gasteiger partial charge >= 0.3 is 0 Å². The van der Waals surface area contributed by atoms with Gasteiger partial charge in [0.15, 0.2) is 0 Å². The van der Waals surface area contributed by atoms with Crippen molar-refractivity contribution < 1.29 is 4.74 Å². The van der Waals surface area contributed by atoms with Gasteiger partial charge in [-0.3, -0.25) is 0 Å². The van der Waals surface area contributed by atoms with Crippen LogP contribution in [0.4, 0.5) is 0 Å². The summed E-state index contributed by atoms with van der Waals surface area (Å²) in [6.07, 6.45) is 0. The molecule has 0 bridgehead atoms. The van der Waals surface area contributed by atoms with E-state index in [1.165, 1.54) is 5.56 Å². The number of benzene rings is 1. The minimum Gasteiger partial charge on any atom is -0.487 e. The Hall–Kier alpha value is -1.03. The second kappa shape index (κ2) is 6.78. The van der Waals surface area contributed by atoms with Crippen LogP contribution in [0.5, 0.6) is 5.75 Å². The zero-order valence-corrected chi connectivity index (χ0v) is 11.9. The smallest absolute Gasteiger partial charge is 0.142 e. The number of rotatable bonds is 6. The molecule has 1 aromatic heterocycles. The van der Waals surface area contributed by atoms with Crippen LogP contribution in [0.2, 0.25) is 5.02 Å². The molecule has 0 aliphatic rings. The standard InChI is InChI=1S/C14H16ClNOS/c1-2-16-8-12-4-3-5-13(15)14(12)17-9-11-6-7-18-10-11/h3-7,10,16H,2,8-9H2,1H3. The highest BCUT2D eigenvalue weighted by Crippen LogP contribution is 2.29. The molecule has 1 heterocycles. The van der Waals surface area contributed by atoms with E-state index in [-0.39, 0.29) is 0 Å². The molecule has 96 valence electrons. The normalized spacial score (nSPS) is 10.6. The predicted molar refractivity (Wildman–Crippen MR) is 77.5 cm³/mol. The average molecular weight is 282 g/mol. The summed E-state index contributed by atoms with van der Waals surface area (Å²) in [6.45, 7) is 4.34. The van der Waals surface area contributed by atoms with Crippen LogP contribution >= 0.6 is 22.9 Å². The number of hydrogen-bond donors (Lipinski definition) is 1. The SMILES string of the molecule is CCNCc1cccc(Cl)c1OCc1ccsc1. The van der Waals surface area contributed by atoms with Crippen LogP contribution in [0.3, 0.4) is 0 Å². The fourth-order valence-corrected chi connectivity index (χ4v) is 2.55. The Bertz CT molecular complexity index is 485. The van der Waals surface area contributed by atoms with Crippen molar-refractivity contribution in [3.05, 3.63) is 51.2 Å². The number of para-hydroxylation sites is 1. The molecule has 0 aliphatic heterocycles. The summed E-state index contributed by atoms with van der Waals surface area (Å²) < 4.78 is 5.84. The molecule has 0 spiro atoms. The van der Waals surface area contributed by atoms with Gasteiger partial charge in [0, 0.05) is 12.1 Å². The first-order valence-electron chi connectivity index (χ1n) is 5.93. The van der Waals surface area contributed by atoms with E-state index in [0.717, 1.165) is 24.4 Å². The van der Waals surface area contributed by atoms with E-state index in [0.29, 0.717) is 11.6 Å². The molecule has 1 aromatic carbocycles. The van der Waals surface area contributed by atoms with Gasteiger partial charge in [-0.15, -0.1) is 0 Å². The molecular formula is C14H16ClNOS. The van der Waals surface area contributed by atoms with Crippen molar-refractivity contribution in [1.29, 1.82) is 0 Å². The Morgan fingerprint density at radius 1 is 1.33 bits per heavy atom. The van der Waals surface area contributed by atoms with Gasteiger partial charge in [-0.2, -0.15) is 11.3 Å². The molecule has 2 aromatic rings. The lowest BCUT2D eigenvalue weighted by Gasteiger charge is -2.13. The van der Waals surface area contributed by atoms with Crippen LogP contribution in [0.25, 0.3) is 0 Å². The van der Waals surface area contributed by atoms with Crippen molar-refractivity contribution >= 4 is 22.9 Å². The zero-order chi connectivity index (χ0) is 12.8.